The van der Waals surface area contributed by atoms with E-state index in [0.717, 1.165) is 11.3 Å². The van der Waals surface area contributed by atoms with Crippen molar-refractivity contribution >= 4 is 17.3 Å². The first-order valence-corrected chi connectivity index (χ1v) is 7.05. The first-order valence-electron chi connectivity index (χ1n) is 6.23. The van der Waals surface area contributed by atoms with Crippen LogP contribution in [0.15, 0.2) is 10.6 Å². The minimum atomic E-state index is -0.996. The van der Waals surface area contributed by atoms with Gasteiger partial charge in [-0.15, -0.1) is 11.3 Å². The van der Waals surface area contributed by atoms with Gasteiger partial charge < -0.3 is 14.4 Å². The summed E-state index contributed by atoms with van der Waals surface area (Å²) in [5.74, 6) is 0.770. The van der Waals surface area contributed by atoms with Crippen LogP contribution < -0.4 is 4.74 Å². The fraction of sp³-hybridized carbons (Fsp3) is 0.462. The number of aromatic carboxylic acids is 1. The molecule has 0 saturated carbocycles. The number of aryl methyl sites for hydroxylation is 1. The summed E-state index contributed by atoms with van der Waals surface area (Å²) in [5, 5.41) is 12.9. The predicted molar refractivity (Wildman–Crippen MR) is 73.2 cm³/mol. The van der Waals surface area contributed by atoms with Crippen molar-refractivity contribution in [2.45, 2.75) is 33.8 Å². The first kappa shape index (κ1) is 14.5. The van der Waals surface area contributed by atoms with Gasteiger partial charge in [-0.3, -0.25) is 0 Å². The SMILES string of the molecule is Cc1cc(OCc2nc(CC(C)C)no2)c(C(=O)O)s1. The normalized spacial score (nSPS) is 11.0. The van der Waals surface area contributed by atoms with E-state index in [1.54, 1.807) is 6.07 Å². The number of carbonyl (C=O) groups is 1. The highest BCUT2D eigenvalue weighted by atomic mass is 32.1. The number of rotatable bonds is 6. The number of hydrogen-bond acceptors (Lipinski definition) is 6. The zero-order valence-electron chi connectivity index (χ0n) is 11.5. The number of carboxylic acids is 1. The standard InChI is InChI=1S/C13H16N2O4S/c1-7(2)4-10-14-11(19-15-10)6-18-9-5-8(3)20-12(9)13(16)17/h5,7H,4,6H2,1-3H3,(H,16,17). The highest BCUT2D eigenvalue weighted by Gasteiger charge is 2.16. The summed E-state index contributed by atoms with van der Waals surface area (Å²) in [6.45, 7) is 6.04. The van der Waals surface area contributed by atoms with Crippen molar-refractivity contribution in [3.63, 3.8) is 0 Å². The second-order valence-electron chi connectivity index (χ2n) is 4.85. The predicted octanol–water partition coefficient (Wildman–Crippen LogP) is 2.92. The average molecular weight is 296 g/mol. The van der Waals surface area contributed by atoms with Crippen LogP contribution in [0.4, 0.5) is 0 Å². The highest BCUT2D eigenvalue weighted by molar-refractivity contribution is 7.14. The van der Waals surface area contributed by atoms with Crippen LogP contribution in [0, 0.1) is 12.8 Å². The molecule has 0 atom stereocenters. The molecule has 0 saturated heterocycles. The van der Waals surface area contributed by atoms with Crippen molar-refractivity contribution in [1.29, 1.82) is 0 Å². The Morgan fingerprint density at radius 3 is 2.95 bits per heavy atom. The van der Waals surface area contributed by atoms with Crippen LogP contribution in [0.5, 0.6) is 5.75 Å². The van der Waals surface area contributed by atoms with Gasteiger partial charge in [0.05, 0.1) is 0 Å². The van der Waals surface area contributed by atoms with E-state index in [9.17, 15) is 4.79 Å². The van der Waals surface area contributed by atoms with Gasteiger partial charge in [0.15, 0.2) is 17.3 Å². The van der Waals surface area contributed by atoms with Crippen LogP contribution in [0.25, 0.3) is 0 Å². The van der Waals surface area contributed by atoms with Crippen LogP contribution in [0.1, 0.15) is 40.1 Å². The third-order valence-electron chi connectivity index (χ3n) is 2.47. The van der Waals surface area contributed by atoms with E-state index in [0.29, 0.717) is 23.4 Å². The Balaban J connectivity index is 2.02. The van der Waals surface area contributed by atoms with Crippen molar-refractivity contribution < 1.29 is 19.2 Å². The lowest BCUT2D eigenvalue weighted by atomic mass is 10.1. The molecule has 0 aromatic carbocycles. The number of hydrogen-bond donors (Lipinski definition) is 1. The molecule has 0 spiro atoms. The lowest BCUT2D eigenvalue weighted by molar-refractivity contribution is 0.0697. The van der Waals surface area contributed by atoms with Gasteiger partial charge in [0, 0.05) is 11.3 Å². The molecule has 20 heavy (non-hydrogen) atoms. The molecular weight excluding hydrogens is 280 g/mol. The maximum Gasteiger partial charge on any atom is 0.349 e. The van der Waals surface area contributed by atoms with Crippen LogP contribution in [-0.4, -0.2) is 21.2 Å². The summed E-state index contributed by atoms with van der Waals surface area (Å²) in [6.07, 6.45) is 0.738. The number of nitrogens with zero attached hydrogens (tertiary/aromatic N) is 2. The summed E-state index contributed by atoms with van der Waals surface area (Å²) >= 11 is 1.18. The van der Waals surface area contributed by atoms with Gasteiger partial charge >= 0.3 is 5.97 Å². The molecule has 108 valence electrons. The summed E-state index contributed by atoms with van der Waals surface area (Å²) in [4.78, 5) is 16.3. The number of aromatic nitrogens is 2. The van der Waals surface area contributed by atoms with Crippen LogP contribution >= 0.6 is 11.3 Å². The lowest BCUT2D eigenvalue weighted by Crippen LogP contribution is -2.01. The maximum absolute atomic E-state index is 11.1. The van der Waals surface area contributed by atoms with Gasteiger partial charge in [-0.1, -0.05) is 19.0 Å². The highest BCUT2D eigenvalue weighted by Crippen LogP contribution is 2.29. The molecule has 0 aliphatic heterocycles. The number of ether oxygens (including phenoxy) is 1. The van der Waals surface area contributed by atoms with Crippen molar-refractivity contribution in [2.75, 3.05) is 0 Å². The Kier molecular flexibility index (Phi) is 4.39. The van der Waals surface area contributed by atoms with Crippen molar-refractivity contribution in [3.8, 4) is 5.75 Å². The molecular formula is C13H16N2O4S. The zero-order chi connectivity index (χ0) is 14.7. The Labute approximate surface area is 120 Å². The molecule has 2 aromatic heterocycles. The second-order valence-corrected chi connectivity index (χ2v) is 6.10. The van der Waals surface area contributed by atoms with Crippen molar-refractivity contribution in [2.24, 2.45) is 5.92 Å². The lowest BCUT2D eigenvalue weighted by Gasteiger charge is -2.01. The summed E-state index contributed by atoms with van der Waals surface area (Å²) in [7, 11) is 0. The van der Waals surface area contributed by atoms with Crippen LogP contribution in [-0.2, 0) is 13.0 Å². The Hall–Kier alpha value is -1.89. The van der Waals surface area contributed by atoms with E-state index < -0.39 is 5.97 Å². The molecule has 0 bridgehead atoms. The fourth-order valence-corrected chi connectivity index (χ4v) is 2.48. The number of thiophene rings is 1. The molecule has 0 aliphatic rings. The van der Waals surface area contributed by atoms with E-state index in [2.05, 4.69) is 24.0 Å². The molecule has 2 rings (SSSR count). The fourth-order valence-electron chi connectivity index (χ4n) is 1.68. The van der Waals surface area contributed by atoms with Gasteiger partial charge in [0.1, 0.15) is 5.75 Å². The van der Waals surface area contributed by atoms with E-state index >= 15 is 0 Å². The average Bonchev–Trinajstić information content (AvgIpc) is 2.92. The van der Waals surface area contributed by atoms with E-state index in [-0.39, 0.29) is 11.5 Å². The van der Waals surface area contributed by atoms with Gasteiger partial charge in [-0.2, -0.15) is 4.98 Å². The summed E-state index contributed by atoms with van der Waals surface area (Å²) in [5.41, 5.74) is 0. The molecule has 0 fully saturated rings. The van der Waals surface area contributed by atoms with Gasteiger partial charge in [-0.25, -0.2) is 4.79 Å². The van der Waals surface area contributed by atoms with Crippen LogP contribution in [0.2, 0.25) is 0 Å². The van der Waals surface area contributed by atoms with Gasteiger partial charge in [0.2, 0.25) is 0 Å². The van der Waals surface area contributed by atoms with Crippen molar-refractivity contribution in [3.05, 3.63) is 27.5 Å². The molecule has 6 nitrogen and oxygen atoms in total. The van der Waals surface area contributed by atoms with Gasteiger partial charge in [-0.05, 0) is 18.9 Å². The monoisotopic (exact) mass is 296 g/mol. The molecule has 0 amide bonds. The zero-order valence-corrected chi connectivity index (χ0v) is 12.4. The third kappa shape index (κ3) is 3.57. The summed E-state index contributed by atoms with van der Waals surface area (Å²) in [6, 6.07) is 1.69. The molecule has 7 heteroatoms. The molecule has 1 N–H and O–H groups in total. The van der Waals surface area contributed by atoms with E-state index in [4.69, 9.17) is 14.4 Å². The maximum atomic E-state index is 11.1. The Morgan fingerprint density at radius 2 is 2.30 bits per heavy atom. The first-order chi connectivity index (χ1) is 9.45. The Morgan fingerprint density at radius 1 is 1.55 bits per heavy atom. The minimum absolute atomic E-state index is 0.0710. The second kappa shape index (κ2) is 6.04. The quantitative estimate of drug-likeness (QED) is 0.882. The van der Waals surface area contributed by atoms with E-state index in [1.165, 1.54) is 11.3 Å². The largest absolute Gasteiger partial charge is 0.482 e. The molecule has 0 radical (unpaired) electrons. The molecule has 2 heterocycles. The smallest absolute Gasteiger partial charge is 0.349 e. The van der Waals surface area contributed by atoms with Gasteiger partial charge in [0.25, 0.3) is 5.89 Å². The molecule has 0 aliphatic carbocycles. The molecule has 2 aromatic rings. The topological polar surface area (TPSA) is 85.5 Å². The van der Waals surface area contributed by atoms with Crippen molar-refractivity contribution in [1.82, 2.24) is 10.1 Å². The van der Waals surface area contributed by atoms with E-state index in [1.807, 2.05) is 6.92 Å². The number of carboxylic acid groups (broad SMARTS) is 1. The third-order valence-corrected chi connectivity index (χ3v) is 3.49. The Bertz CT molecular complexity index is 603. The molecule has 0 unspecified atom stereocenters. The van der Waals surface area contributed by atoms with Crippen LogP contribution in [0.3, 0.4) is 0 Å². The minimum Gasteiger partial charge on any atom is -0.482 e. The summed E-state index contributed by atoms with van der Waals surface area (Å²) < 4.78 is 10.5.